The summed E-state index contributed by atoms with van der Waals surface area (Å²) in [6.07, 6.45) is 2.78. The second-order valence-corrected chi connectivity index (χ2v) is 25.4. The van der Waals surface area contributed by atoms with Crippen LogP contribution in [0.1, 0.15) is 48.8 Å². The van der Waals surface area contributed by atoms with E-state index in [1.165, 1.54) is 65.5 Å². The summed E-state index contributed by atoms with van der Waals surface area (Å²) in [4.78, 5) is 28.2. The van der Waals surface area contributed by atoms with E-state index in [2.05, 4.69) is 62.2 Å². The van der Waals surface area contributed by atoms with Crippen LogP contribution in [-0.4, -0.2) is 54.9 Å². The molecular weight excluding hydrogens is 681 g/mol. The van der Waals surface area contributed by atoms with Crippen molar-refractivity contribution >= 4 is 37.7 Å². The monoisotopic (exact) mass is 718 g/mol. The summed E-state index contributed by atoms with van der Waals surface area (Å²) in [6, 6.07) is 19.7. The number of rotatable bonds is 7. The van der Waals surface area contributed by atoms with Crippen LogP contribution in [0.3, 0.4) is 0 Å². The van der Waals surface area contributed by atoms with E-state index in [-0.39, 0.29) is 44.6 Å². The van der Waals surface area contributed by atoms with Gasteiger partial charge in [0.2, 0.25) is 11.6 Å². The molecule has 0 bridgehead atoms. The summed E-state index contributed by atoms with van der Waals surface area (Å²) >= 11 is 0. The Hall–Kier alpha value is -5.34. The minimum Gasteiger partial charge on any atom is -0.507 e. The minimum absolute atomic E-state index is 0.00995. The summed E-state index contributed by atoms with van der Waals surface area (Å²) in [5, 5.41) is 21.9. The first kappa shape index (κ1) is 36.0. The molecule has 0 amide bonds. The topological polar surface area (TPSA) is 119 Å². The molecule has 5 aromatic rings. The molecule has 254 valence electrons. The van der Waals surface area contributed by atoms with Crippen LogP contribution in [0.2, 0.25) is 39.3 Å². The fraction of sp³-hybridized carbons (Fsp3) is 0.179. The van der Waals surface area contributed by atoms with Gasteiger partial charge in [-0.25, -0.2) is 12.4 Å². The Morgan fingerprint density at radius 3 is 1.70 bits per heavy atom. The van der Waals surface area contributed by atoms with Crippen molar-refractivity contribution in [3.63, 3.8) is 0 Å². The summed E-state index contributed by atoms with van der Waals surface area (Å²) in [5.41, 5.74) is 8.11. The maximum absolute atomic E-state index is 14.4. The first-order valence-corrected chi connectivity index (χ1v) is 24.3. The molecule has 0 atom stereocenters. The first-order chi connectivity index (χ1) is 23.4. The maximum atomic E-state index is 14.4. The van der Waals surface area contributed by atoms with Crippen molar-refractivity contribution in [3.8, 4) is 40.1 Å². The summed E-state index contributed by atoms with van der Waals surface area (Å²) in [7, 11) is -7.73. The lowest BCUT2D eigenvalue weighted by Gasteiger charge is -2.15. The number of aromatic nitrogens is 2. The van der Waals surface area contributed by atoms with Crippen LogP contribution in [0.25, 0.3) is 5.69 Å². The first-order valence-electron chi connectivity index (χ1n) is 15.9. The van der Waals surface area contributed by atoms with Crippen LogP contribution in [0, 0.1) is 29.9 Å². The molecule has 3 aromatic carbocycles. The van der Waals surface area contributed by atoms with Gasteiger partial charge in [-0.1, -0.05) is 68.8 Å². The molecule has 0 aliphatic rings. The number of carbonyl (C=O) groups is 2. The van der Waals surface area contributed by atoms with E-state index in [1.807, 2.05) is 6.92 Å². The third-order valence-electron chi connectivity index (χ3n) is 7.51. The van der Waals surface area contributed by atoms with Gasteiger partial charge in [0.05, 0.1) is 27.4 Å². The molecule has 5 rings (SSSR count). The van der Waals surface area contributed by atoms with Crippen molar-refractivity contribution < 1.29 is 28.2 Å². The molecule has 50 heavy (non-hydrogen) atoms. The Morgan fingerprint density at radius 1 is 0.680 bits per heavy atom. The number of aryl methyl sites for hydroxylation is 1. The molecule has 2 heterocycles. The molecule has 0 radical (unpaired) electrons. The standard InChI is InChI=1S/C39H38N2O6SSi2/c1-27-10-14-30(15-11-27)48(46,47)41-22-18-33(37(41)39(45)32-17-13-29(26-36(32)43)20-24-50(5,6)7)40-21-8-9-34(40)38(44)31-16-12-28(25-35(31)42)19-23-49(2,3)4/h8-18,21-22,25-26,42-43H,1-7H3. The van der Waals surface area contributed by atoms with Crippen molar-refractivity contribution in [2.45, 2.75) is 51.1 Å². The number of ketones is 2. The van der Waals surface area contributed by atoms with Crippen molar-refractivity contribution in [2.75, 3.05) is 0 Å². The molecule has 11 heteroatoms. The Balaban J connectivity index is 1.65. The zero-order valence-electron chi connectivity index (χ0n) is 29.0. The highest BCUT2D eigenvalue weighted by Crippen LogP contribution is 2.31. The summed E-state index contributed by atoms with van der Waals surface area (Å²) < 4.78 is 30.4. The van der Waals surface area contributed by atoms with Crippen molar-refractivity contribution in [1.29, 1.82) is 0 Å². The van der Waals surface area contributed by atoms with Gasteiger partial charge >= 0.3 is 0 Å². The lowest BCUT2D eigenvalue weighted by Crippen LogP contribution is -2.20. The number of hydrogen-bond acceptors (Lipinski definition) is 6. The zero-order chi connectivity index (χ0) is 36.6. The van der Waals surface area contributed by atoms with Crippen molar-refractivity contribution in [3.05, 3.63) is 130 Å². The van der Waals surface area contributed by atoms with Crippen LogP contribution >= 0.6 is 0 Å². The number of phenolic OH excluding ortho intramolecular Hbond substituents is 2. The second-order valence-electron chi connectivity index (χ2n) is 14.0. The van der Waals surface area contributed by atoms with Gasteiger partial charge in [0.1, 0.15) is 33.3 Å². The van der Waals surface area contributed by atoms with Gasteiger partial charge in [-0.2, -0.15) is 0 Å². The molecule has 0 aliphatic carbocycles. The molecule has 0 unspecified atom stereocenters. The van der Waals surface area contributed by atoms with E-state index in [9.17, 15) is 28.2 Å². The Bertz CT molecular complexity index is 2390. The third-order valence-corrected chi connectivity index (χ3v) is 11.0. The van der Waals surface area contributed by atoms with Gasteiger partial charge in [0.25, 0.3) is 10.0 Å². The molecule has 0 saturated heterocycles. The molecule has 8 nitrogen and oxygen atoms in total. The van der Waals surface area contributed by atoms with E-state index in [4.69, 9.17) is 0 Å². The quantitative estimate of drug-likeness (QED) is 0.105. The molecular formula is C39H38N2O6SSi2. The minimum atomic E-state index is -4.32. The highest BCUT2D eigenvalue weighted by molar-refractivity contribution is 7.90. The number of phenols is 2. The van der Waals surface area contributed by atoms with Gasteiger partial charge in [-0.3, -0.25) is 9.59 Å². The third kappa shape index (κ3) is 7.76. The maximum Gasteiger partial charge on any atom is 0.268 e. The Morgan fingerprint density at radius 2 is 1.20 bits per heavy atom. The zero-order valence-corrected chi connectivity index (χ0v) is 31.8. The average molecular weight is 719 g/mol. The lowest BCUT2D eigenvalue weighted by atomic mass is 10.0. The predicted octanol–water partition coefficient (Wildman–Crippen LogP) is 7.16. The largest absolute Gasteiger partial charge is 0.507 e. The van der Waals surface area contributed by atoms with E-state index >= 15 is 0 Å². The molecule has 2 aromatic heterocycles. The van der Waals surface area contributed by atoms with Gasteiger partial charge in [-0.05, 0) is 73.7 Å². The highest BCUT2D eigenvalue weighted by atomic mass is 32.2. The van der Waals surface area contributed by atoms with E-state index in [0.29, 0.717) is 11.1 Å². The summed E-state index contributed by atoms with van der Waals surface area (Å²) in [5.74, 6) is 4.14. The van der Waals surface area contributed by atoms with Crippen LogP contribution in [0.5, 0.6) is 11.5 Å². The Kier molecular flexibility index (Phi) is 9.72. The molecule has 0 aliphatic heterocycles. The van der Waals surface area contributed by atoms with E-state index in [0.717, 1.165) is 9.54 Å². The van der Waals surface area contributed by atoms with Crippen molar-refractivity contribution in [1.82, 2.24) is 8.54 Å². The van der Waals surface area contributed by atoms with Crippen molar-refractivity contribution in [2.24, 2.45) is 0 Å². The van der Waals surface area contributed by atoms with E-state index in [1.54, 1.807) is 30.3 Å². The van der Waals surface area contributed by atoms with Crippen LogP contribution < -0.4 is 0 Å². The van der Waals surface area contributed by atoms with Gasteiger partial charge in [-0.15, -0.1) is 11.1 Å². The van der Waals surface area contributed by atoms with Gasteiger partial charge in [0, 0.05) is 23.5 Å². The van der Waals surface area contributed by atoms with Crippen LogP contribution in [0.4, 0.5) is 0 Å². The molecule has 0 spiro atoms. The number of nitrogens with zero attached hydrogens (tertiary/aromatic N) is 2. The second kappa shape index (κ2) is 13.5. The number of hydrogen-bond donors (Lipinski definition) is 2. The number of carbonyl (C=O) groups excluding carboxylic acids is 2. The fourth-order valence-electron chi connectivity index (χ4n) is 5.00. The van der Waals surface area contributed by atoms with E-state index < -0.39 is 37.7 Å². The predicted molar refractivity (Wildman–Crippen MR) is 201 cm³/mol. The fourth-order valence-corrected chi connectivity index (χ4v) is 7.39. The number of benzene rings is 3. The van der Waals surface area contributed by atoms with Crippen LogP contribution in [-0.2, 0) is 10.0 Å². The SMILES string of the molecule is Cc1ccc(S(=O)(=O)n2ccc(-n3cccc3C(=O)c3ccc(C#C[Si](C)(C)C)cc3O)c2C(=O)c2ccc(C#C[Si](C)(C)C)cc2O)cc1. The number of aromatic hydroxyl groups is 2. The van der Waals surface area contributed by atoms with Gasteiger partial charge in [0.15, 0.2) is 0 Å². The van der Waals surface area contributed by atoms with Gasteiger partial charge < -0.3 is 14.8 Å². The molecule has 0 saturated carbocycles. The Labute approximate surface area is 295 Å². The molecule has 2 N–H and O–H groups in total. The smallest absolute Gasteiger partial charge is 0.268 e. The normalized spacial score (nSPS) is 11.7. The van der Waals surface area contributed by atoms with Crippen LogP contribution in [0.15, 0.2) is 96.2 Å². The molecule has 0 fully saturated rings. The highest BCUT2D eigenvalue weighted by Gasteiger charge is 2.31. The average Bonchev–Trinajstić information content (AvgIpc) is 3.70. The lowest BCUT2D eigenvalue weighted by molar-refractivity contribution is 0.101. The summed E-state index contributed by atoms with van der Waals surface area (Å²) in [6.45, 7) is 14.4.